The quantitative estimate of drug-likeness (QED) is 0.617. The molecule has 5 heteroatoms. The fourth-order valence-electron chi connectivity index (χ4n) is 0.643. The summed E-state index contributed by atoms with van der Waals surface area (Å²) >= 11 is 1.20. The summed E-state index contributed by atoms with van der Waals surface area (Å²) in [5.41, 5.74) is 5.24. The van der Waals surface area contributed by atoms with Gasteiger partial charge in [-0.3, -0.25) is 9.59 Å². The van der Waals surface area contributed by atoms with E-state index >= 15 is 0 Å². The first kappa shape index (κ1) is 11.4. The van der Waals surface area contributed by atoms with Crippen molar-refractivity contribution < 1.29 is 14.7 Å². The highest BCUT2D eigenvalue weighted by Crippen LogP contribution is 2.06. The average Bonchev–Trinajstić information content (AvgIpc) is 1.97. The van der Waals surface area contributed by atoms with Crippen LogP contribution in [0.15, 0.2) is 0 Å². The molecule has 0 aliphatic carbocycles. The standard InChI is InChI=1S/C7H13NO3S/c1-5(9)12-4-2-3-6(8)7(10)11/h6H,2-4,8H2,1H3,(H,10,11). The molecule has 0 radical (unpaired) electrons. The number of hydrogen-bond acceptors (Lipinski definition) is 4. The molecule has 0 bridgehead atoms. The zero-order chi connectivity index (χ0) is 9.56. The third kappa shape index (κ3) is 6.18. The summed E-state index contributed by atoms with van der Waals surface area (Å²) in [6, 6.07) is -0.794. The zero-order valence-corrected chi connectivity index (χ0v) is 7.76. The van der Waals surface area contributed by atoms with Gasteiger partial charge in [0, 0.05) is 12.7 Å². The van der Waals surface area contributed by atoms with Crippen LogP contribution in [0, 0.1) is 0 Å². The topological polar surface area (TPSA) is 80.4 Å². The number of rotatable bonds is 5. The van der Waals surface area contributed by atoms with Gasteiger partial charge < -0.3 is 10.8 Å². The van der Waals surface area contributed by atoms with Gasteiger partial charge in [0.05, 0.1) is 0 Å². The molecular weight excluding hydrogens is 178 g/mol. The normalized spacial score (nSPS) is 12.5. The molecule has 4 nitrogen and oxygen atoms in total. The maximum atomic E-state index is 10.4. The highest BCUT2D eigenvalue weighted by molar-refractivity contribution is 8.13. The molecule has 3 N–H and O–H groups in total. The third-order valence-electron chi connectivity index (χ3n) is 1.28. The second kappa shape index (κ2) is 6.02. The lowest BCUT2D eigenvalue weighted by Gasteiger charge is -2.03. The predicted molar refractivity (Wildman–Crippen MR) is 48.0 cm³/mol. The molecule has 0 aliphatic heterocycles. The summed E-state index contributed by atoms with van der Waals surface area (Å²) in [4.78, 5) is 20.7. The molecule has 0 aliphatic rings. The van der Waals surface area contributed by atoms with Crippen LogP contribution in [-0.2, 0) is 9.59 Å². The highest BCUT2D eigenvalue weighted by Gasteiger charge is 2.10. The molecule has 0 rings (SSSR count). The molecule has 0 saturated heterocycles. The van der Waals surface area contributed by atoms with Crippen LogP contribution in [0.2, 0.25) is 0 Å². The van der Waals surface area contributed by atoms with Crippen molar-refractivity contribution >= 4 is 22.8 Å². The van der Waals surface area contributed by atoms with Gasteiger partial charge in [0.2, 0.25) is 0 Å². The lowest BCUT2D eigenvalue weighted by atomic mass is 10.2. The predicted octanol–water partition coefficient (Wildman–Crippen LogP) is 0.458. The van der Waals surface area contributed by atoms with Crippen molar-refractivity contribution in [2.45, 2.75) is 25.8 Å². The molecule has 0 aromatic carbocycles. The number of thioether (sulfide) groups is 1. The van der Waals surface area contributed by atoms with Gasteiger partial charge in [0.25, 0.3) is 0 Å². The molecule has 0 fully saturated rings. The first-order valence-electron chi connectivity index (χ1n) is 3.65. The maximum Gasteiger partial charge on any atom is 0.320 e. The Morgan fingerprint density at radius 1 is 1.58 bits per heavy atom. The first-order chi connectivity index (χ1) is 5.54. The minimum absolute atomic E-state index is 0.0545. The van der Waals surface area contributed by atoms with E-state index in [0.717, 1.165) is 0 Å². The van der Waals surface area contributed by atoms with Gasteiger partial charge in [-0.2, -0.15) is 0 Å². The van der Waals surface area contributed by atoms with Gasteiger partial charge in [0.15, 0.2) is 5.12 Å². The van der Waals surface area contributed by atoms with Crippen LogP contribution in [0.3, 0.4) is 0 Å². The van der Waals surface area contributed by atoms with Crippen molar-refractivity contribution in [2.75, 3.05) is 5.75 Å². The van der Waals surface area contributed by atoms with Crippen molar-refractivity contribution in [3.8, 4) is 0 Å². The molecular formula is C7H13NO3S. The summed E-state index contributed by atoms with van der Waals surface area (Å²) < 4.78 is 0. The van der Waals surface area contributed by atoms with Gasteiger partial charge in [-0.15, -0.1) is 0 Å². The number of carboxylic acid groups (broad SMARTS) is 1. The molecule has 0 aromatic heterocycles. The lowest BCUT2D eigenvalue weighted by Crippen LogP contribution is -2.29. The summed E-state index contributed by atoms with van der Waals surface area (Å²) in [6.45, 7) is 1.49. The summed E-state index contributed by atoms with van der Waals surface area (Å²) in [6.07, 6.45) is 1.09. The monoisotopic (exact) mass is 191 g/mol. The van der Waals surface area contributed by atoms with E-state index in [1.54, 1.807) is 0 Å². The fraction of sp³-hybridized carbons (Fsp3) is 0.714. The van der Waals surface area contributed by atoms with Crippen LogP contribution in [-0.4, -0.2) is 28.0 Å². The molecule has 12 heavy (non-hydrogen) atoms. The third-order valence-corrected chi connectivity index (χ3v) is 2.18. The zero-order valence-electron chi connectivity index (χ0n) is 6.95. The van der Waals surface area contributed by atoms with Crippen molar-refractivity contribution in [2.24, 2.45) is 5.73 Å². The lowest BCUT2D eigenvalue weighted by molar-refractivity contribution is -0.138. The summed E-state index contributed by atoms with van der Waals surface area (Å²) in [7, 11) is 0. The van der Waals surface area contributed by atoms with Crippen LogP contribution in [0.5, 0.6) is 0 Å². The van der Waals surface area contributed by atoms with E-state index in [0.29, 0.717) is 18.6 Å². The van der Waals surface area contributed by atoms with E-state index in [2.05, 4.69) is 0 Å². The molecule has 1 unspecified atom stereocenters. The van der Waals surface area contributed by atoms with Crippen molar-refractivity contribution in [3.63, 3.8) is 0 Å². The van der Waals surface area contributed by atoms with Crippen LogP contribution >= 0.6 is 11.8 Å². The van der Waals surface area contributed by atoms with E-state index in [-0.39, 0.29) is 5.12 Å². The van der Waals surface area contributed by atoms with E-state index in [4.69, 9.17) is 10.8 Å². The maximum absolute atomic E-state index is 10.4. The van der Waals surface area contributed by atoms with E-state index in [1.165, 1.54) is 18.7 Å². The largest absolute Gasteiger partial charge is 0.480 e. The van der Waals surface area contributed by atoms with Gasteiger partial charge in [0.1, 0.15) is 6.04 Å². The van der Waals surface area contributed by atoms with Crippen LogP contribution in [0.4, 0.5) is 0 Å². The molecule has 0 aromatic rings. The molecule has 0 heterocycles. The Balaban J connectivity index is 3.31. The second-order valence-electron chi connectivity index (χ2n) is 2.43. The molecule has 0 amide bonds. The van der Waals surface area contributed by atoms with Gasteiger partial charge >= 0.3 is 5.97 Å². The average molecular weight is 191 g/mol. The molecule has 0 saturated carbocycles. The van der Waals surface area contributed by atoms with E-state index < -0.39 is 12.0 Å². The molecule has 1 atom stereocenters. The fourth-order valence-corrected chi connectivity index (χ4v) is 1.24. The number of aliphatic carboxylic acids is 1. The van der Waals surface area contributed by atoms with E-state index in [1.807, 2.05) is 0 Å². The summed E-state index contributed by atoms with van der Waals surface area (Å²) in [5, 5.41) is 8.45. The van der Waals surface area contributed by atoms with Crippen LogP contribution in [0.25, 0.3) is 0 Å². The Morgan fingerprint density at radius 2 is 2.17 bits per heavy atom. The van der Waals surface area contributed by atoms with Gasteiger partial charge in [-0.05, 0) is 12.8 Å². The first-order valence-corrected chi connectivity index (χ1v) is 4.64. The number of hydrogen-bond donors (Lipinski definition) is 2. The van der Waals surface area contributed by atoms with Crippen molar-refractivity contribution in [3.05, 3.63) is 0 Å². The Labute approximate surface area is 75.5 Å². The van der Waals surface area contributed by atoms with E-state index in [9.17, 15) is 9.59 Å². The number of carboxylic acids is 1. The van der Waals surface area contributed by atoms with Crippen molar-refractivity contribution in [1.29, 1.82) is 0 Å². The smallest absolute Gasteiger partial charge is 0.320 e. The molecule has 0 spiro atoms. The minimum atomic E-state index is -0.983. The Hall–Kier alpha value is -0.550. The number of carbonyl (C=O) groups is 2. The number of carbonyl (C=O) groups excluding carboxylic acids is 1. The van der Waals surface area contributed by atoms with Gasteiger partial charge in [-0.1, -0.05) is 11.8 Å². The Bertz CT molecular complexity index is 172. The summed E-state index contributed by atoms with van der Waals surface area (Å²) in [5.74, 6) is -0.334. The SMILES string of the molecule is CC(=O)SCCCC(N)C(=O)O. The second-order valence-corrected chi connectivity index (χ2v) is 3.70. The van der Waals surface area contributed by atoms with Gasteiger partial charge in [-0.25, -0.2) is 0 Å². The van der Waals surface area contributed by atoms with Crippen molar-refractivity contribution in [1.82, 2.24) is 0 Å². The highest BCUT2D eigenvalue weighted by atomic mass is 32.2. The van der Waals surface area contributed by atoms with Crippen LogP contribution in [0.1, 0.15) is 19.8 Å². The number of nitrogens with two attached hydrogens (primary N) is 1. The minimum Gasteiger partial charge on any atom is -0.480 e. The Kier molecular flexibility index (Phi) is 5.74. The Morgan fingerprint density at radius 3 is 2.58 bits per heavy atom. The van der Waals surface area contributed by atoms with Crippen LogP contribution < -0.4 is 5.73 Å². The molecule has 70 valence electrons.